The highest BCUT2D eigenvalue weighted by Gasteiger charge is 2.34. The predicted molar refractivity (Wildman–Crippen MR) is 72.9 cm³/mol. The summed E-state index contributed by atoms with van der Waals surface area (Å²) >= 11 is 1.01. The maximum Gasteiger partial charge on any atom is 0.417 e. The molecule has 0 radical (unpaired) electrons. The van der Waals surface area contributed by atoms with E-state index >= 15 is 0 Å². The van der Waals surface area contributed by atoms with Gasteiger partial charge in [0.05, 0.1) is 11.3 Å². The minimum absolute atomic E-state index is 0.00438. The number of hydrogen-bond donors (Lipinski definition) is 1. The molecule has 0 bridgehead atoms. The van der Waals surface area contributed by atoms with Crippen LogP contribution < -0.4 is 0 Å². The Hall–Kier alpha value is -1.83. The normalized spacial score (nSPS) is 11.7. The number of nitrogens with one attached hydrogen (secondary N) is 1. The molecule has 1 heterocycles. The number of alkyl halides is 3. The van der Waals surface area contributed by atoms with Crippen molar-refractivity contribution >= 4 is 17.5 Å². The average Bonchev–Trinajstić information content (AvgIpc) is 2.82. The molecular weight excluding hydrogens is 303 g/mol. The van der Waals surface area contributed by atoms with Crippen molar-refractivity contribution < 1.29 is 17.8 Å². The monoisotopic (exact) mass is 315 g/mol. The van der Waals surface area contributed by atoms with Crippen LogP contribution in [0.25, 0.3) is 0 Å². The van der Waals surface area contributed by atoms with E-state index in [0.717, 1.165) is 17.8 Å². The molecule has 0 aliphatic carbocycles. The Morgan fingerprint density at radius 2 is 1.90 bits per heavy atom. The SMILES string of the molecule is CSc1c(C(F)(F)F)ccc(C(=N)c2nonc2C)c1C. The number of thioether (sulfide) groups is 1. The number of nitrogens with zero attached hydrogens (tertiary/aromatic N) is 2. The summed E-state index contributed by atoms with van der Waals surface area (Å²) in [5.74, 6) is 0. The molecule has 0 amide bonds. The van der Waals surface area contributed by atoms with E-state index in [-0.39, 0.29) is 16.3 Å². The van der Waals surface area contributed by atoms with Gasteiger partial charge in [0.2, 0.25) is 0 Å². The van der Waals surface area contributed by atoms with Crippen LogP contribution in [0.15, 0.2) is 21.7 Å². The van der Waals surface area contributed by atoms with Gasteiger partial charge in [-0.15, -0.1) is 11.8 Å². The minimum Gasteiger partial charge on any atom is -0.298 e. The van der Waals surface area contributed by atoms with Crippen molar-refractivity contribution in [3.63, 3.8) is 0 Å². The zero-order valence-electron chi connectivity index (χ0n) is 11.5. The van der Waals surface area contributed by atoms with Crippen molar-refractivity contribution in [1.29, 1.82) is 5.41 Å². The van der Waals surface area contributed by atoms with E-state index in [2.05, 4.69) is 14.9 Å². The van der Waals surface area contributed by atoms with Gasteiger partial charge in [-0.05, 0) is 36.9 Å². The molecule has 112 valence electrons. The van der Waals surface area contributed by atoms with Crippen molar-refractivity contribution in [2.45, 2.75) is 24.9 Å². The lowest BCUT2D eigenvalue weighted by atomic mass is 9.98. The van der Waals surface area contributed by atoms with E-state index in [0.29, 0.717) is 16.8 Å². The Morgan fingerprint density at radius 3 is 2.38 bits per heavy atom. The number of halogens is 3. The number of aromatic nitrogens is 2. The summed E-state index contributed by atoms with van der Waals surface area (Å²) in [5.41, 5.74) is 0.722. The third-order valence-electron chi connectivity index (χ3n) is 3.07. The van der Waals surface area contributed by atoms with Crippen LogP contribution in [0.4, 0.5) is 13.2 Å². The number of hydrogen-bond acceptors (Lipinski definition) is 5. The van der Waals surface area contributed by atoms with Gasteiger partial charge in [-0.2, -0.15) is 13.2 Å². The van der Waals surface area contributed by atoms with Crippen LogP contribution in [0.1, 0.15) is 28.1 Å². The number of benzene rings is 1. The quantitative estimate of drug-likeness (QED) is 0.690. The van der Waals surface area contributed by atoms with Crippen LogP contribution in [-0.2, 0) is 6.18 Å². The Labute approximate surface area is 123 Å². The summed E-state index contributed by atoms with van der Waals surface area (Å²) in [5, 5.41) is 15.3. The first-order chi connectivity index (χ1) is 9.77. The molecule has 0 saturated heterocycles. The molecular formula is C13H12F3N3OS. The van der Waals surface area contributed by atoms with E-state index in [1.165, 1.54) is 6.07 Å². The zero-order valence-corrected chi connectivity index (χ0v) is 12.3. The van der Waals surface area contributed by atoms with E-state index in [9.17, 15) is 13.2 Å². The average molecular weight is 315 g/mol. The van der Waals surface area contributed by atoms with Crippen LogP contribution in [0.3, 0.4) is 0 Å². The molecule has 0 unspecified atom stereocenters. The Balaban J connectivity index is 2.58. The molecule has 4 nitrogen and oxygen atoms in total. The van der Waals surface area contributed by atoms with Crippen LogP contribution in [0.2, 0.25) is 0 Å². The lowest BCUT2D eigenvalue weighted by Crippen LogP contribution is -2.12. The largest absolute Gasteiger partial charge is 0.417 e. The molecule has 2 aromatic rings. The van der Waals surface area contributed by atoms with E-state index in [1.807, 2.05) is 0 Å². The summed E-state index contributed by atoms with van der Waals surface area (Å²) in [6, 6.07) is 2.28. The standard InChI is InChI=1S/C13H12F3N3OS/c1-6-8(10(17)11-7(2)18-20-19-11)4-5-9(12(6)21-3)13(14,15)16/h4-5,17H,1-3H3. The fourth-order valence-electron chi connectivity index (χ4n) is 2.03. The highest BCUT2D eigenvalue weighted by atomic mass is 32.2. The van der Waals surface area contributed by atoms with Crippen molar-refractivity contribution in [1.82, 2.24) is 10.3 Å². The molecule has 8 heteroatoms. The first kappa shape index (κ1) is 15.6. The lowest BCUT2D eigenvalue weighted by molar-refractivity contribution is -0.139. The molecule has 0 fully saturated rings. The van der Waals surface area contributed by atoms with Crippen LogP contribution in [-0.4, -0.2) is 22.3 Å². The van der Waals surface area contributed by atoms with Gasteiger partial charge in [0.25, 0.3) is 0 Å². The molecule has 0 atom stereocenters. The number of aryl methyl sites for hydroxylation is 1. The first-order valence-corrected chi connectivity index (χ1v) is 7.13. The third-order valence-corrected chi connectivity index (χ3v) is 4.01. The Kier molecular flexibility index (Phi) is 4.08. The summed E-state index contributed by atoms with van der Waals surface area (Å²) in [6.07, 6.45) is -2.84. The second kappa shape index (κ2) is 5.51. The van der Waals surface area contributed by atoms with Crippen molar-refractivity contribution in [2.75, 3.05) is 6.26 Å². The Bertz CT molecular complexity index is 694. The topological polar surface area (TPSA) is 62.8 Å². The van der Waals surface area contributed by atoms with Crippen LogP contribution in [0, 0.1) is 19.3 Å². The number of rotatable bonds is 3. The maximum atomic E-state index is 13.0. The predicted octanol–water partition coefficient (Wildman–Crippen LogP) is 3.84. The van der Waals surface area contributed by atoms with E-state index in [4.69, 9.17) is 5.41 Å². The van der Waals surface area contributed by atoms with E-state index in [1.54, 1.807) is 20.1 Å². The van der Waals surface area contributed by atoms with Crippen molar-refractivity contribution in [2.24, 2.45) is 0 Å². The Morgan fingerprint density at radius 1 is 1.24 bits per heavy atom. The maximum absolute atomic E-state index is 13.0. The molecule has 0 spiro atoms. The summed E-state index contributed by atoms with van der Waals surface area (Å²) in [6.45, 7) is 3.18. The molecule has 1 aromatic heterocycles. The second-order valence-corrected chi connectivity index (χ2v) is 5.21. The summed E-state index contributed by atoms with van der Waals surface area (Å²) in [4.78, 5) is 0.110. The fourth-order valence-corrected chi connectivity index (χ4v) is 2.85. The molecule has 0 aliphatic rings. The van der Waals surface area contributed by atoms with Gasteiger partial charge in [-0.3, -0.25) is 5.41 Å². The van der Waals surface area contributed by atoms with Crippen LogP contribution >= 0.6 is 11.8 Å². The zero-order chi connectivity index (χ0) is 15.8. The highest BCUT2D eigenvalue weighted by Crippen LogP contribution is 2.39. The summed E-state index contributed by atoms with van der Waals surface area (Å²) < 4.78 is 43.5. The van der Waals surface area contributed by atoms with Gasteiger partial charge in [0, 0.05) is 10.5 Å². The third kappa shape index (κ3) is 2.80. The van der Waals surface area contributed by atoms with Crippen LogP contribution in [0.5, 0.6) is 0 Å². The fraction of sp³-hybridized carbons (Fsp3) is 0.308. The van der Waals surface area contributed by atoms with Gasteiger partial charge in [-0.25, -0.2) is 4.63 Å². The molecule has 1 aromatic carbocycles. The minimum atomic E-state index is -4.42. The highest BCUT2D eigenvalue weighted by molar-refractivity contribution is 7.98. The van der Waals surface area contributed by atoms with Crippen molar-refractivity contribution in [3.8, 4) is 0 Å². The van der Waals surface area contributed by atoms with Gasteiger partial charge in [0.1, 0.15) is 5.69 Å². The first-order valence-electron chi connectivity index (χ1n) is 5.90. The van der Waals surface area contributed by atoms with E-state index < -0.39 is 11.7 Å². The van der Waals surface area contributed by atoms with Gasteiger partial charge < -0.3 is 0 Å². The molecule has 21 heavy (non-hydrogen) atoms. The molecule has 2 rings (SSSR count). The smallest absolute Gasteiger partial charge is 0.298 e. The molecule has 0 saturated carbocycles. The second-order valence-electron chi connectivity index (χ2n) is 4.39. The van der Waals surface area contributed by atoms with Crippen molar-refractivity contribution in [3.05, 3.63) is 40.2 Å². The molecule has 1 N–H and O–H groups in total. The van der Waals surface area contributed by atoms with Gasteiger partial charge in [0.15, 0.2) is 5.69 Å². The molecule has 0 aliphatic heterocycles. The van der Waals surface area contributed by atoms with Gasteiger partial charge in [-0.1, -0.05) is 11.2 Å². The summed E-state index contributed by atoms with van der Waals surface area (Å²) in [7, 11) is 0. The van der Waals surface area contributed by atoms with Gasteiger partial charge >= 0.3 is 6.18 Å². The lowest BCUT2D eigenvalue weighted by Gasteiger charge is -2.16.